The van der Waals surface area contributed by atoms with Gasteiger partial charge in [0.05, 0.1) is 16.3 Å². The van der Waals surface area contributed by atoms with Crippen LogP contribution in [0.1, 0.15) is 12.5 Å². The van der Waals surface area contributed by atoms with Crippen molar-refractivity contribution in [3.63, 3.8) is 0 Å². The van der Waals surface area contributed by atoms with Gasteiger partial charge in [-0.1, -0.05) is 6.07 Å². The Hall–Kier alpha value is -2.05. The molecule has 3 rings (SSSR count). The standard InChI is InChI=1S/C14H12N4S2/c1-10(11-4-6-15-7-5-11)17-18-14-16-12(9-20-14)13-3-2-8-19-13/h2-9H,1H3,(H,16,18)/b17-10+. The van der Waals surface area contributed by atoms with E-state index in [9.17, 15) is 0 Å². The largest absolute Gasteiger partial charge is 0.265 e. The molecule has 0 atom stereocenters. The minimum Gasteiger partial charge on any atom is -0.265 e. The smallest absolute Gasteiger partial charge is 0.203 e. The van der Waals surface area contributed by atoms with Crippen molar-refractivity contribution in [3.05, 3.63) is 53.0 Å². The second-order valence-corrected chi connectivity index (χ2v) is 5.87. The van der Waals surface area contributed by atoms with E-state index in [4.69, 9.17) is 0 Å². The number of hydrazone groups is 1. The van der Waals surface area contributed by atoms with Gasteiger partial charge >= 0.3 is 0 Å². The van der Waals surface area contributed by atoms with Gasteiger partial charge in [0.15, 0.2) is 0 Å². The number of hydrogen-bond acceptors (Lipinski definition) is 6. The van der Waals surface area contributed by atoms with E-state index in [1.165, 1.54) is 4.88 Å². The summed E-state index contributed by atoms with van der Waals surface area (Å²) in [5.74, 6) is 0. The fourth-order valence-corrected chi connectivity index (χ4v) is 3.07. The van der Waals surface area contributed by atoms with Crippen LogP contribution in [0.4, 0.5) is 5.13 Å². The Labute approximate surface area is 124 Å². The summed E-state index contributed by atoms with van der Waals surface area (Å²) >= 11 is 3.23. The molecule has 0 radical (unpaired) electrons. The molecule has 0 aliphatic rings. The lowest BCUT2D eigenvalue weighted by Crippen LogP contribution is -1.99. The number of nitrogens with zero attached hydrogens (tertiary/aromatic N) is 3. The van der Waals surface area contributed by atoms with Crippen molar-refractivity contribution < 1.29 is 0 Å². The third kappa shape index (κ3) is 2.92. The molecule has 1 N–H and O–H groups in total. The predicted octanol–water partition coefficient (Wildman–Crippen LogP) is 4.10. The maximum absolute atomic E-state index is 4.52. The summed E-state index contributed by atoms with van der Waals surface area (Å²) in [6, 6.07) is 7.95. The van der Waals surface area contributed by atoms with Crippen LogP contribution < -0.4 is 5.43 Å². The number of aromatic nitrogens is 2. The summed E-state index contributed by atoms with van der Waals surface area (Å²) in [6.45, 7) is 1.95. The SMILES string of the molecule is C/C(=N\Nc1nc(-c2cccs2)cs1)c1ccncc1. The molecule has 0 aliphatic heterocycles. The van der Waals surface area contributed by atoms with E-state index in [1.807, 2.05) is 35.9 Å². The van der Waals surface area contributed by atoms with Gasteiger partial charge in [0, 0.05) is 23.3 Å². The van der Waals surface area contributed by atoms with Gasteiger partial charge in [-0.05, 0) is 30.5 Å². The van der Waals surface area contributed by atoms with Crippen molar-refractivity contribution >= 4 is 33.5 Å². The Kier molecular flexibility index (Phi) is 3.85. The van der Waals surface area contributed by atoms with Gasteiger partial charge in [0.25, 0.3) is 0 Å². The van der Waals surface area contributed by atoms with E-state index >= 15 is 0 Å². The molecule has 0 aromatic carbocycles. The van der Waals surface area contributed by atoms with Gasteiger partial charge in [0.2, 0.25) is 5.13 Å². The number of anilines is 1. The lowest BCUT2D eigenvalue weighted by molar-refractivity contribution is 1.26. The average Bonchev–Trinajstić information content (AvgIpc) is 3.16. The first kappa shape index (κ1) is 13.0. The zero-order chi connectivity index (χ0) is 13.8. The zero-order valence-electron chi connectivity index (χ0n) is 10.8. The molecule has 3 aromatic rings. The average molecular weight is 300 g/mol. The first-order valence-corrected chi connectivity index (χ1v) is 7.79. The second-order valence-electron chi connectivity index (χ2n) is 4.06. The molecule has 0 amide bonds. The lowest BCUT2D eigenvalue weighted by Gasteiger charge is -2.00. The van der Waals surface area contributed by atoms with Gasteiger partial charge in [0.1, 0.15) is 0 Å². The number of pyridine rings is 1. The highest BCUT2D eigenvalue weighted by molar-refractivity contribution is 7.15. The van der Waals surface area contributed by atoms with E-state index in [1.54, 1.807) is 35.1 Å². The van der Waals surface area contributed by atoms with E-state index in [0.717, 1.165) is 22.1 Å². The summed E-state index contributed by atoms with van der Waals surface area (Å²) in [5, 5.41) is 9.23. The van der Waals surface area contributed by atoms with E-state index < -0.39 is 0 Å². The molecule has 0 fully saturated rings. The van der Waals surface area contributed by atoms with Crippen molar-refractivity contribution in [1.29, 1.82) is 0 Å². The van der Waals surface area contributed by atoms with Gasteiger partial charge in [-0.3, -0.25) is 10.4 Å². The Morgan fingerprint density at radius 3 is 2.80 bits per heavy atom. The van der Waals surface area contributed by atoms with Crippen LogP contribution in [0.15, 0.2) is 52.5 Å². The first-order chi connectivity index (χ1) is 9.83. The minimum absolute atomic E-state index is 0.793. The highest BCUT2D eigenvalue weighted by atomic mass is 32.1. The van der Waals surface area contributed by atoms with Crippen LogP contribution in [0.3, 0.4) is 0 Å². The van der Waals surface area contributed by atoms with Crippen molar-refractivity contribution in [2.45, 2.75) is 6.92 Å². The monoisotopic (exact) mass is 300 g/mol. The van der Waals surface area contributed by atoms with Crippen LogP contribution in [0, 0.1) is 0 Å². The zero-order valence-corrected chi connectivity index (χ0v) is 12.4. The topological polar surface area (TPSA) is 50.2 Å². The van der Waals surface area contributed by atoms with Crippen molar-refractivity contribution in [2.24, 2.45) is 5.10 Å². The van der Waals surface area contributed by atoms with Crippen LogP contribution in [0.5, 0.6) is 0 Å². The summed E-state index contributed by atoms with van der Waals surface area (Å²) in [6.07, 6.45) is 3.51. The lowest BCUT2D eigenvalue weighted by atomic mass is 10.2. The highest BCUT2D eigenvalue weighted by Gasteiger charge is 2.04. The third-order valence-electron chi connectivity index (χ3n) is 2.70. The fraction of sp³-hybridized carbons (Fsp3) is 0.0714. The van der Waals surface area contributed by atoms with Gasteiger partial charge < -0.3 is 0 Å². The molecular weight excluding hydrogens is 288 g/mol. The Bertz CT molecular complexity index is 702. The molecule has 3 heterocycles. The maximum atomic E-state index is 4.52. The van der Waals surface area contributed by atoms with E-state index in [-0.39, 0.29) is 0 Å². The van der Waals surface area contributed by atoms with E-state index in [2.05, 4.69) is 26.6 Å². The molecule has 0 aliphatic carbocycles. The van der Waals surface area contributed by atoms with Gasteiger partial charge in [-0.25, -0.2) is 4.98 Å². The Balaban J connectivity index is 1.73. The van der Waals surface area contributed by atoms with Crippen molar-refractivity contribution in [2.75, 3.05) is 5.43 Å². The molecular formula is C14H12N4S2. The number of nitrogens with one attached hydrogen (secondary N) is 1. The second kappa shape index (κ2) is 5.94. The molecule has 0 spiro atoms. The molecule has 0 saturated heterocycles. The molecule has 6 heteroatoms. The molecule has 0 saturated carbocycles. The number of thiophene rings is 1. The van der Waals surface area contributed by atoms with Crippen LogP contribution in [0.2, 0.25) is 0 Å². The van der Waals surface area contributed by atoms with Crippen molar-refractivity contribution in [3.8, 4) is 10.6 Å². The molecule has 0 unspecified atom stereocenters. The van der Waals surface area contributed by atoms with Crippen molar-refractivity contribution in [1.82, 2.24) is 9.97 Å². The van der Waals surface area contributed by atoms with Crippen LogP contribution >= 0.6 is 22.7 Å². The quantitative estimate of drug-likeness (QED) is 0.583. The summed E-state index contributed by atoms with van der Waals surface area (Å²) in [5.41, 5.74) is 5.94. The molecule has 0 bridgehead atoms. The number of thiazole rings is 1. The van der Waals surface area contributed by atoms with Crippen LogP contribution in [-0.2, 0) is 0 Å². The summed E-state index contributed by atoms with van der Waals surface area (Å²) in [7, 11) is 0. The molecule has 20 heavy (non-hydrogen) atoms. The summed E-state index contributed by atoms with van der Waals surface area (Å²) < 4.78 is 0. The maximum Gasteiger partial charge on any atom is 0.203 e. The third-order valence-corrected chi connectivity index (χ3v) is 4.33. The highest BCUT2D eigenvalue weighted by Crippen LogP contribution is 2.28. The summed E-state index contributed by atoms with van der Waals surface area (Å²) in [4.78, 5) is 9.68. The Morgan fingerprint density at radius 1 is 1.20 bits per heavy atom. The van der Waals surface area contributed by atoms with Crippen LogP contribution in [0.25, 0.3) is 10.6 Å². The number of hydrogen-bond donors (Lipinski definition) is 1. The van der Waals surface area contributed by atoms with E-state index in [0.29, 0.717) is 0 Å². The molecule has 100 valence electrons. The van der Waals surface area contributed by atoms with Gasteiger partial charge in [-0.2, -0.15) is 5.10 Å². The molecule has 4 nitrogen and oxygen atoms in total. The Morgan fingerprint density at radius 2 is 2.05 bits per heavy atom. The number of rotatable bonds is 4. The van der Waals surface area contributed by atoms with Crippen LogP contribution in [-0.4, -0.2) is 15.7 Å². The van der Waals surface area contributed by atoms with Gasteiger partial charge in [-0.15, -0.1) is 22.7 Å². The molecule has 3 aromatic heterocycles. The minimum atomic E-state index is 0.793. The predicted molar refractivity (Wildman–Crippen MR) is 85.5 cm³/mol. The fourth-order valence-electron chi connectivity index (χ4n) is 1.65. The first-order valence-electron chi connectivity index (χ1n) is 6.03. The normalized spacial score (nSPS) is 11.6.